The van der Waals surface area contributed by atoms with Crippen LogP contribution in [0, 0.1) is 12.8 Å². The van der Waals surface area contributed by atoms with Crippen molar-refractivity contribution in [3.63, 3.8) is 0 Å². The Labute approximate surface area is 159 Å². The Bertz CT molecular complexity index is 896. The highest BCUT2D eigenvalue weighted by atomic mass is 32.2. The van der Waals surface area contributed by atoms with Crippen LogP contribution in [0.3, 0.4) is 0 Å². The summed E-state index contributed by atoms with van der Waals surface area (Å²) in [6.45, 7) is 4.45. The molecule has 1 aliphatic rings. The minimum Gasteiger partial charge on any atom is -0.423 e. The largest absolute Gasteiger partial charge is 0.423 e. The van der Waals surface area contributed by atoms with Crippen LogP contribution in [0.15, 0.2) is 29.0 Å². The lowest BCUT2D eigenvalue weighted by atomic mass is 9.98. The van der Waals surface area contributed by atoms with E-state index in [-0.39, 0.29) is 24.1 Å². The number of piperidine rings is 1. The van der Waals surface area contributed by atoms with E-state index in [2.05, 4.69) is 15.5 Å². The topological polar surface area (TPSA) is 105 Å². The highest BCUT2D eigenvalue weighted by Crippen LogP contribution is 2.26. The molecule has 1 aromatic heterocycles. The summed E-state index contributed by atoms with van der Waals surface area (Å²) in [4.78, 5) is 12.8. The summed E-state index contributed by atoms with van der Waals surface area (Å²) in [5, 5.41) is 10.5. The van der Waals surface area contributed by atoms with Crippen LogP contribution < -0.4 is 5.32 Å². The van der Waals surface area contributed by atoms with E-state index >= 15 is 0 Å². The number of hydrogen-bond acceptors (Lipinski definition) is 6. The second-order valence-electron chi connectivity index (χ2n) is 6.78. The third kappa shape index (κ3) is 4.54. The molecule has 1 amide bonds. The summed E-state index contributed by atoms with van der Waals surface area (Å²) in [6.07, 6.45) is 3.17. The molecule has 27 heavy (non-hydrogen) atoms. The molecule has 1 unspecified atom stereocenters. The van der Waals surface area contributed by atoms with Crippen LogP contribution in [0.25, 0.3) is 11.5 Å². The Morgan fingerprint density at radius 1 is 1.41 bits per heavy atom. The summed E-state index contributed by atoms with van der Waals surface area (Å²) in [6, 6.07) is 5.50. The summed E-state index contributed by atoms with van der Waals surface area (Å²) in [5.41, 5.74) is 2.27. The molecular formula is C18H24N4O4S. The van der Waals surface area contributed by atoms with Gasteiger partial charge in [0.1, 0.15) is 0 Å². The minimum atomic E-state index is -3.29. The average Bonchev–Trinajstić information content (AvgIpc) is 3.18. The first-order valence-electron chi connectivity index (χ1n) is 9.06. The zero-order chi connectivity index (χ0) is 19.4. The van der Waals surface area contributed by atoms with Gasteiger partial charge in [-0.05, 0) is 43.9 Å². The molecule has 1 atom stereocenters. The number of carbonyl (C=O) groups is 1. The van der Waals surface area contributed by atoms with Gasteiger partial charge in [-0.25, -0.2) is 12.7 Å². The van der Waals surface area contributed by atoms with Crippen LogP contribution >= 0.6 is 0 Å². The van der Waals surface area contributed by atoms with Crippen molar-refractivity contribution >= 4 is 21.6 Å². The molecule has 0 aliphatic carbocycles. The molecule has 3 rings (SSSR count). The second-order valence-corrected chi connectivity index (χ2v) is 8.86. The first kappa shape index (κ1) is 19.5. The number of carbonyl (C=O) groups excluding carboxylic acids is 1. The first-order valence-corrected chi connectivity index (χ1v) is 10.7. The predicted octanol–water partition coefficient (Wildman–Crippen LogP) is 2.44. The van der Waals surface area contributed by atoms with Crippen LogP contribution in [-0.2, 0) is 14.8 Å². The Hall–Kier alpha value is -2.26. The van der Waals surface area contributed by atoms with Gasteiger partial charge in [0.2, 0.25) is 28.2 Å². The fraction of sp³-hybridized carbons (Fsp3) is 0.500. The van der Waals surface area contributed by atoms with Crippen LogP contribution in [-0.4, -0.2) is 47.7 Å². The molecule has 1 N–H and O–H groups in total. The maximum Gasteiger partial charge on any atom is 0.247 e. The van der Waals surface area contributed by atoms with E-state index in [1.165, 1.54) is 10.7 Å². The summed E-state index contributed by atoms with van der Waals surface area (Å²) >= 11 is 0. The van der Waals surface area contributed by atoms with Gasteiger partial charge in [0.15, 0.2) is 0 Å². The van der Waals surface area contributed by atoms with Crippen LogP contribution in [0.4, 0.5) is 5.69 Å². The zero-order valence-corrected chi connectivity index (χ0v) is 16.3. The normalized spacial score (nSPS) is 18.4. The van der Waals surface area contributed by atoms with E-state index < -0.39 is 10.0 Å². The lowest BCUT2D eigenvalue weighted by Crippen LogP contribution is -2.44. The molecule has 0 spiro atoms. The maximum atomic E-state index is 12.8. The predicted molar refractivity (Wildman–Crippen MR) is 101 cm³/mol. The average molecular weight is 392 g/mol. The fourth-order valence-corrected chi connectivity index (χ4v) is 4.81. The molecular weight excluding hydrogens is 368 g/mol. The third-order valence-corrected chi connectivity index (χ3v) is 6.76. The lowest BCUT2D eigenvalue weighted by molar-refractivity contribution is -0.120. The van der Waals surface area contributed by atoms with Crippen molar-refractivity contribution in [1.29, 1.82) is 0 Å². The number of rotatable bonds is 6. The summed E-state index contributed by atoms with van der Waals surface area (Å²) < 4.78 is 31.3. The molecule has 0 radical (unpaired) electrons. The smallest absolute Gasteiger partial charge is 0.247 e. The van der Waals surface area contributed by atoms with E-state index in [1.807, 2.05) is 26.0 Å². The van der Waals surface area contributed by atoms with Gasteiger partial charge >= 0.3 is 0 Å². The molecule has 1 fully saturated rings. The minimum absolute atomic E-state index is 0.118. The van der Waals surface area contributed by atoms with Crippen LogP contribution in [0.1, 0.15) is 31.7 Å². The van der Waals surface area contributed by atoms with E-state index in [0.29, 0.717) is 42.9 Å². The molecule has 1 aliphatic heterocycles. The zero-order valence-electron chi connectivity index (χ0n) is 15.5. The molecule has 0 bridgehead atoms. The van der Waals surface area contributed by atoms with Gasteiger partial charge in [0.05, 0.1) is 11.7 Å². The van der Waals surface area contributed by atoms with Gasteiger partial charge in [0.25, 0.3) is 0 Å². The number of aryl methyl sites for hydroxylation is 1. The summed E-state index contributed by atoms with van der Waals surface area (Å²) in [7, 11) is -3.29. The Balaban J connectivity index is 1.72. The van der Waals surface area contributed by atoms with Gasteiger partial charge in [-0.2, -0.15) is 0 Å². The van der Waals surface area contributed by atoms with Crippen molar-refractivity contribution in [3.8, 4) is 11.5 Å². The van der Waals surface area contributed by atoms with Gasteiger partial charge < -0.3 is 9.73 Å². The molecule has 0 saturated carbocycles. The fourth-order valence-electron chi connectivity index (χ4n) is 3.22. The number of amides is 1. The Morgan fingerprint density at radius 2 is 2.22 bits per heavy atom. The van der Waals surface area contributed by atoms with E-state index in [1.54, 1.807) is 6.07 Å². The Kier molecular flexibility index (Phi) is 5.91. The number of aromatic nitrogens is 2. The van der Waals surface area contributed by atoms with Gasteiger partial charge in [-0.1, -0.05) is 13.0 Å². The third-order valence-electron chi connectivity index (χ3n) is 4.71. The number of hydrogen-bond donors (Lipinski definition) is 1. The maximum absolute atomic E-state index is 12.8. The monoisotopic (exact) mass is 392 g/mol. The molecule has 9 heteroatoms. The van der Waals surface area contributed by atoms with Gasteiger partial charge in [0, 0.05) is 24.3 Å². The number of anilines is 1. The van der Waals surface area contributed by atoms with Gasteiger partial charge in [-0.3, -0.25) is 4.79 Å². The van der Waals surface area contributed by atoms with Crippen molar-refractivity contribution in [2.75, 3.05) is 24.2 Å². The standard InChI is InChI=1S/C18H24N4O4S/c1-3-9-27(24,25)22-8-4-5-15(11-22)17(23)20-16-10-14(7-6-13(16)2)18-21-19-12-26-18/h6-7,10,12,15H,3-5,8-9,11H2,1-2H3,(H,20,23). The Morgan fingerprint density at radius 3 is 2.93 bits per heavy atom. The first-order chi connectivity index (χ1) is 12.9. The van der Waals surface area contributed by atoms with Crippen molar-refractivity contribution in [3.05, 3.63) is 30.2 Å². The van der Waals surface area contributed by atoms with Gasteiger partial charge in [-0.15, -0.1) is 10.2 Å². The number of sulfonamides is 1. The molecule has 2 aromatic rings. The van der Waals surface area contributed by atoms with E-state index in [4.69, 9.17) is 4.42 Å². The van der Waals surface area contributed by atoms with Crippen molar-refractivity contribution in [1.82, 2.24) is 14.5 Å². The number of benzene rings is 1. The van der Waals surface area contributed by atoms with Crippen LogP contribution in [0.5, 0.6) is 0 Å². The lowest BCUT2D eigenvalue weighted by Gasteiger charge is -2.31. The number of nitrogens with one attached hydrogen (secondary N) is 1. The van der Waals surface area contributed by atoms with Crippen molar-refractivity contribution in [2.45, 2.75) is 33.1 Å². The van der Waals surface area contributed by atoms with E-state index in [9.17, 15) is 13.2 Å². The molecule has 146 valence electrons. The SMILES string of the molecule is CCCS(=O)(=O)N1CCCC(C(=O)Nc2cc(-c3nnco3)ccc2C)C1. The molecule has 1 aromatic carbocycles. The molecule has 2 heterocycles. The summed E-state index contributed by atoms with van der Waals surface area (Å²) in [5.74, 6) is -0.0406. The van der Waals surface area contributed by atoms with E-state index in [0.717, 1.165) is 5.56 Å². The highest BCUT2D eigenvalue weighted by molar-refractivity contribution is 7.89. The number of nitrogens with zero attached hydrogens (tertiary/aromatic N) is 3. The second kappa shape index (κ2) is 8.18. The highest BCUT2D eigenvalue weighted by Gasteiger charge is 2.32. The molecule has 8 nitrogen and oxygen atoms in total. The van der Waals surface area contributed by atoms with Crippen LogP contribution in [0.2, 0.25) is 0 Å². The quantitative estimate of drug-likeness (QED) is 0.809. The van der Waals surface area contributed by atoms with Crippen molar-refractivity contribution < 1.29 is 17.6 Å². The molecule has 1 saturated heterocycles. The van der Waals surface area contributed by atoms with Crippen molar-refractivity contribution in [2.24, 2.45) is 5.92 Å².